The molecular weight excluding hydrogens is 480 g/mol. The molecule has 1 aliphatic heterocycles. The van der Waals surface area contributed by atoms with Gasteiger partial charge in [-0.05, 0) is 84.9 Å². The molecule has 2 heterocycles. The summed E-state index contributed by atoms with van der Waals surface area (Å²) >= 11 is 0. The Morgan fingerprint density at radius 2 is 1.50 bits per heavy atom. The number of benzene rings is 3. The molecule has 1 amide bonds. The fourth-order valence-electron chi connectivity index (χ4n) is 4.46. The first-order valence-electron chi connectivity index (χ1n) is 12.5. The maximum absolute atomic E-state index is 13.0. The molecule has 3 N–H and O–H groups in total. The molecule has 0 bridgehead atoms. The summed E-state index contributed by atoms with van der Waals surface area (Å²) in [6.07, 6.45) is 1.66. The summed E-state index contributed by atoms with van der Waals surface area (Å²) in [5.41, 5.74) is 5.21. The largest absolute Gasteiger partial charge is 0.394 e. The van der Waals surface area contributed by atoms with Crippen LogP contribution in [0.4, 0.5) is 22.7 Å². The Hall–Kier alpha value is -4.40. The van der Waals surface area contributed by atoms with Crippen molar-refractivity contribution < 1.29 is 19.4 Å². The summed E-state index contributed by atoms with van der Waals surface area (Å²) in [5.74, 6) is -0.293. The number of amides is 1. The first-order chi connectivity index (χ1) is 18.5. The molecule has 0 saturated carbocycles. The normalized spacial score (nSPS) is 15.2. The second-order valence-electron chi connectivity index (χ2n) is 9.24. The minimum Gasteiger partial charge on any atom is -0.394 e. The highest BCUT2D eigenvalue weighted by Crippen LogP contribution is 2.24. The molecule has 8 nitrogen and oxygen atoms in total. The Morgan fingerprint density at radius 3 is 2.08 bits per heavy atom. The number of ketones is 1. The van der Waals surface area contributed by atoms with Gasteiger partial charge in [0.25, 0.3) is 5.91 Å². The number of nitrogens with zero attached hydrogens (tertiary/aromatic N) is 2. The number of anilines is 4. The van der Waals surface area contributed by atoms with Gasteiger partial charge in [-0.25, -0.2) is 0 Å². The number of aliphatic hydroxyl groups is 1. The predicted octanol–water partition coefficient (Wildman–Crippen LogP) is 4.45. The standard InChI is InChI=1S/C30H30N4O4/c1-33-16-2-3-28(33)30(37)32-25-10-6-22(7-11-25)29(36)21-4-8-23(9-5-21)31-24-12-14-26(15-13-24)34-17-18-38-27(19-34)20-35/h2-16,27,31,35H,17-20H2,1H3,(H,32,37). The van der Waals surface area contributed by atoms with Crippen LogP contribution in [0.2, 0.25) is 0 Å². The maximum Gasteiger partial charge on any atom is 0.272 e. The highest BCUT2D eigenvalue weighted by atomic mass is 16.5. The van der Waals surface area contributed by atoms with E-state index in [-0.39, 0.29) is 24.4 Å². The molecule has 8 heteroatoms. The van der Waals surface area contributed by atoms with E-state index >= 15 is 0 Å². The summed E-state index contributed by atoms with van der Waals surface area (Å²) in [7, 11) is 1.81. The van der Waals surface area contributed by atoms with E-state index in [1.54, 1.807) is 47.0 Å². The number of morpholine rings is 1. The van der Waals surface area contributed by atoms with Crippen LogP contribution >= 0.6 is 0 Å². The van der Waals surface area contributed by atoms with Gasteiger partial charge in [0.15, 0.2) is 5.78 Å². The van der Waals surface area contributed by atoms with Crippen molar-refractivity contribution in [1.29, 1.82) is 0 Å². The second-order valence-corrected chi connectivity index (χ2v) is 9.24. The van der Waals surface area contributed by atoms with Crippen LogP contribution in [0.3, 0.4) is 0 Å². The lowest BCUT2D eigenvalue weighted by molar-refractivity contribution is 0.00357. The Kier molecular flexibility index (Phi) is 7.53. The second kappa shape index (κ2) is 11.3. The molecular formula is C30H30N4O4. The van der Waals surface area contributed by atoms with Gasteiger partial charge < -0.3 is 29.9 Å². The van der Waals surface area contributed by atoms with Crippen LogP contribution in [0.5, 0.6) is 0 Å². The van der Waals surface area contributed by atoms with E-state index in [0.717, 1.165) is 23.6 Å². The van der Waals surface area contributed by atoms with Gasteiger partial charge in [-0.2, -0.15) is 0 Å². The minimum atomic E-state index is -0.203. The van der Waals surface area contributed by atoms with Gasteiger partial charge in [0, 0.05) is 60.2 Å². The lowest BCUT2D eigenvalue weighted by atomic mass is 10.0. The van der Waals surface area contributed by atoms with E-state index in [4.69, 9.17) is 4.74 Å². The topological polar surface area (TPSA) is 95.8 Å². The number of aliphatic hydroxyl groups excluding tert-OH is 1. The van der Waals surface area contributed by atoms with E-state index in [1.807, 2.05) is 55.7 Å². The summed E-state index contributed by atoms with van der Waals surface area (Å²) in [4.78, 5) is 27.6. The molecule has 194 valence electrons. The molecule has 0 aliphatic carbocycles. The summed E-state index contributed by atoms with van der Waals surface area (Å²) in [6.45, 7) is 2.09. The number of carbonyl (C=O) groups excluding carboxylic acids is 2. The highest BCUT2D eigenvalue weighted by Gasteiger charge is 2.20. The smallest absolute Gasteiger partial charge is 0.272 e. The first-order valence-corrected chi connectivity index (χ1v) is 12.5. The Labute approximate surface area is 221 Å². The third kappa shape index (κ3) is 5.77. The zero-order valence-electron chi connectivity index (χ0n) is 21.1. The summed E-state index contributed by atoms with van der Waals surface area (Å²) in [6, 6.07) is 25.9. The van der Waals surface area contributed by atoms with Gasteiger partial charge in [-0.15, -0.1) is 0 Å². The van der Waals surface area contributed by atoms with Gasteiger partial charge >= 0.3 is 0 Å². The van der Waals surface area contributed by atoms with E-state index < -0.39 is 0 Å². The third-order valence-electron chi connectivity index (χ3n) is 6.59. The van der Waals surface area contributed by atoms with Crippen molar-refractivity contribution in [3.8, 4) is 0 Å². The van der Waals surface area contributed by atoms with Crippen LogP contribution < -0.4 is 15.5 Å². The minimum absolute atomic E-state index is 0.0207. The molecule has 1 unspecified atom stereocenters. The van der Waals surface area contributed by atoms with Gasteiger partial charge in [-0.1, -0.05) is 0 Å². The summed E-state index contributed by atoms with van der Waals surface area (Å²) in [5, 5.41) is 15.6. The number of nitrogens with one attached hydrogen (secondary N) is 2. The highest BCUT2D eigenvalue weighted by molar-refractivity contribution is 6.09. The Bertz CT molecular complexity index is 1400. The molecule has 1 fully saturated rings. The van der Waals surface area contributed by atoms with Crippen LogP contribution in [-0.2, 0) is 11.8 Å². The van der Waals surface area contributed by atoms with Crippen molar-refractivity contribution >= 4 is 34.4 Å². The van der Waals surface area contributed by atoms with Crippen LogP contribution in [0.1, 0.15) is 26.4 Å². The van der Waals surface area contributed by atoms with Crippen molar-refractivity contribution in [1.82, 2.24) is 4.57 Å². The van der Waals surface area contributed by atoms with Gasteiger partial charge in [-0.3, -0.25) is 9.59 Å². The van der Waals surface area contributed by atoms with Crippen molar-refractivity contribution in [3.63, 3.8) is 0 Å². The first kappa shape index (κ1) is 25.3. The number of rotatable bonds is 8. The third-order valence-corrected chi connectivity index (χ3v) is 6.59. The fraction of sp³-hybridized carbons (Fsp3) is 0.200. The number of hydrogen-bond acceptors (Lipinski definition) is 6. The van der Waals surface area contributed by atoms with Crippen LogP contribution in [0, 0.1) is 0 Å². The van der Waals surface area contributed by atoms with E-state index in [2.05, 4.69) is 15.5 Å². The molecule has 1 saturated heterocycles. The molecule has 4 aromatic rings. The predicted molar refractivity (Wildman–Crippen MR) is 148 cm³/mol. The van der Waals surface area contributed by atoms with Crippen LogP contribution in [-0.4, -0.2) is 53.8 Å². The van der Waals surface area contributed by atoms with E-state index in [1.165, 1.54) is 0 Å². The zero-order chi connectivity index (χ0) is 26.5. The van der Waals surface area contributed by atoms with Gasteiger partial charge in [0.2, 0.25) is 0 Å². The molecule has 38 heavy (non-hydrogen) atoms. The van der Waals surface area contributed by atoms with Gasteiger partial charge in [0.05, 0.1) is 19.3 Å². The molecule has 1 atom stereocenters. The van der Waals surface area contributed by atoms with Gasteiger partial charge in [0.1, 0.15) is 5.69 Å². The molecule has 0 spiro atoms. The molecule has 5 rings (SSSR count). The van der Waals surface area contributed by atoms with Crippen LogP contribution in [0.15, 0.2) is 91.1 Å². The average Bonchev–Trinajstić information content (AvgIpc) is 3.40. The van der Waals surface area contributed by atoms with Crippen molar-refractivity contribution in [3.05, 3.63) is 108 Å². The number of aromatic nitrogens is 1. The number of carbonyl (C=O) groups is 2. The van der Waals surface area contributed by atoms with Crippen molar-refractivity contribution in [2.45, 2.75) is 6.10 Å². The van der Waals surface area contributed by atoms with E-state index in [9.17, 15) is 14.7 Å². The van der Waals surface area contributed by atoms with Crippen molar-refractivity contribution in [2.75, 3.05) is 41.8 Å². The monoisotopic (exact) mass is 510 g/mol. The van der Waals surface area contributed by atoms with E-state index in [0.29, 0.717) is 35.7 Å². The lowest BCUT2D eigenvalue weighted by Crippen LogP contribution is -2.44. The maximum atomic E-state index is 13.0. The lowest BCUT2D eigenvalue weighted by Gasteiger charge is -2.33. The molecule has 3 aromatic carbocycles. The Balaban J connectivity index is 1.18. The number of aryl methyl sites for hydroxylation is 1. The molecule has 1 aliphatic rings. The molecule has 0 radical (unpaired) electrons. The number of hydrogen-bond donors (Lipinski definition) is 3. The van der Waals surface area contributed by atoms with Crippen molar-refractivity contribution in [2.24, 2.45) is 7.05 Å². The summed E-state index contributed by atoms with van der Waals surface area (Å²) < 4.78 is 7.28. The zero-order valence-corrected chi connectivity index (χ0v) is 21.1. The quantitative estimate of drug-likeness (QED) is 0.303. The average molecular weight is 511 g/mol. The SMILES string of the molecule is Cn1cccc1C(=O)Nc1ccc(C(=O)c2ccc(Nc3ccc(N4CCOC(CO)C4)cc3)cc2)cc1. The molecule has 1 aromatic heterocycles. The fourth-order valence-corrected chi connectivity index (χ4v) is 4.46. The number of ether oxygens (including phenoxy) is 1. The Morgan fingerprint density at radius 1 is 0.895 bits per heavy atom. The van der Waals surface area contributed by atoms with Crippen LogP contribution in [0.25, 0.3) is 0 Å².